The Morgan fingerprint density at radius 3 is 2.53 bits per heavy atom. The van der Waals surface area contributed by atoms with Crippen LogP contribution in [0.5, 0.6) is 0 Å². The molecule has 0 amide bonds. The van der Waals surface area contributed by atoms with Crippen LogP contribution in [0.2, 0.25) is 0 Å². The summed E-state index contributed by atoms with van der Waals surface area (Å²) in [5.41, 5.74) is 2.91. The highest BCUT2D eigenvalue weighted by molar-refractivity contribution is 5.94. The Kier molecular flexibility index (Phi) is 3.21. The largest absolute Gasteiger partial charge is 0.462 e. The van der Waals surface area contributed by atoms with Gasteiger partial charge in [-0.15, -0.1) is 6.42 Å². The number of carbonyl (C=O) groups is 1. The van der Waals surface area contributed by atoms with Crippen LogP contribution in [0, 0.1) is 26.2 Å². The second-order valence-electron chi connectivity index (χ2n) is 3.34. The average Bonchev–Trinajstić information content (AvgIpc) is 2.42. The number of hydrogen-bond acceptors (Lipinski definition) is 2. The quantitative estimate of drug-likeness (QED) is 0.544. The molecule has 0 atom stereocenters. The predicted molar refractivity (Wildman–Crippen MR) is 58.8 cm³/mol. The summed E-state index contributed by atoms with van der Waals surface area (Å²) >= 11 is 0. The van der Waals surface area contributed by atoms with Gasteiger partial charge in [-0.3, -0.25) is 0 Å². The molecule has 0 aromatic carbocycles. The molecular formula is C12H15NO2. The maximum Gasteiger partial charge on any atom is 0.341 e. The molecule has 1 aromatic heterocycles. The molecule has 0 aliphatic rings. The van der Waals surface area contributed by atoms with Crippen LogP contribution in [0.3, 0.4) is 0 Å². The summed E-state index contributed by atoms with van der Waals surface area (Å²) < 4.78 is 6.88. The Morgan fingerprint density at radius 2 is 2.07 bits per heavy atom. The minimum atomic E-state index is -0.341. The van der Waals surface area contributed by atoms with E-state index in [0.717, 1.165) is 11.4 Å². The number of hydrogen-bond donors (Lipinski definition) is 0. The molecule has 0 unspecified atom stereocenters. The lowest BCUT2D eigenvalue weighted by atomic mass is 10.1. The van der Waals surface area contributed by atoms with Gasteiger partial charge >= 0.3 is 5.97 Å². The highest BCUT2D eigenvalue weighted by Gasteiger charge is 2.21. The molecule has 0 spiro atoms. The van der Waals surface area contributed by atoms with Crippen LogP contribution in [-0.2, 0) is 11.8 Å². The van der Waals surface area contributed by atoms with Crippen LogP contribution < -0.4 is 0 Å². The summed E-state index contributed by atoms with van der Waals surface area (Å²) in [6.07, 6.45) is 5.40. The van der Waals surface area contributed by atoms with E-state index in [0.29, 0.717) is 17.7 Å². The van der Waals surface area contributed by atoms with Crippen molar-refractivity contribution in [2.75, 3.05) is 6.61 Å². The molecule has 0 fully saturated rings. The zero-order chi connectivity index (χ0) is 11.6. The van der Waals surface area contributed by atoms with Crippen molar-refractivity contribution in [3.05, 3.63) is 22.5 Å². The van der Waals surface area contributed by atoms with E-state index in [-0.39, 0.29) is 5.97 Å². The lowest BCUT2D eigenvalue weighted by molar-refractivity contribution is 0.0525. The van der Waals surface area contributed by atoms with Crippen LogP contribution in [0.15, 0.2) is 0 Å². The zero-order valence-corrected chi connectivity index (χ0v) is 9.55. The Hall–Kier alpha value is -1.69. The highest BCUT2D eigenvalue weighted by Crippen LogP contribution is 2.21. The average molecular weight is 205 g/mol. The van der Waals surface area contributed by atoms with Gasteiger partial charge in [0.1, 0.15) is 0 Å². The number of nitrogens with zero attached hydrogens (tertiary/aromatic N) is 1. The van der Waals surface area contributed by atoms with Gasteiger partial charge in [-0.2, -0.15) is 0 Å². The molecule has 0 aliphatic carbocycles. The lowest BCUT2D eigenvalue weighted by Gasteiger charge is -2.02. The monoisotopic (exact) mass is 205 g/mol. The first-order valence-corrected chi connectivity index (χ1v) is 4.84. The van der Waals surface area contributed by atoms with Crippen molar-refractivity contribution in [2.45, 2.75) is 20.8 Å². The van der Waals surface area contributed by atoms with Crippen LogP contribution in [0.25, 0.3) is 0 Å². The molecule has 0 radical (unpaired) electrons. The van der Waals surface area contributed by atoms with Gasteiger partial charge in [0.05, 0.1) is 17.7 Å². The van der Waals surface area contributed by atoms with Crippen molar-refractivity contribution in [2.24, 2.45) is 7.05 Å². The van der Waals surface area contributed by atoms with E-state index >= 15 is 0 Å². The van der Waals surface area contributed by atoms with Gasteiger partial charge < -0.3 is 9.30 Å². The molecule has 0 bridgehead atoms. The lowest BCUT2D eigenvalue weighted by Crippen LogP contribution is -2.07. The fourth-order valence-corrected chi connectivity index (χ4v) is 1.58. The van der Waals surface area contributed by atoms with E-state index in [1.54, 1.807) is 6.92 Å². The van der Waals surface area contributed by atoms with Gasteiger partial charge in [0.25, 0.3) is 0 Å². The Morgan fingerprint density at radius 1 is 1.47 bits per heavy atom. The molecule has 1 rings (SSSR count). The summed E-state index contributed by atoms with van der Waals surface area (Å²) in [6, 6.07) is 0. The number of rotatable bonds is 2. The molecule has 0 aliphatic heterocycles. The Balaban J connectivity index is 3.35. The number of carbonyl (C=O) groups excluding carboxylic acids is 1. The predicted octanol–water partition coefficient (Wildman–Crippen LogP) is 1.80. The summed E-state index contributed by atoms with van der Waals surface area (Å²) in [6.45, 7) is 5.89. The van der Waals surface area contributed by atoms with E-state index in [4.69, 9.17) is 11.2 Å². The van der Waals surface area contributed by atoms with Crippen molar-refractivity contribution in [3.8, 4) is 12.3 Å². The van der Waals surface area contributed by atoms with Crippen molar-refractivity contribution in [3.63, 3.8) is 0 Å². The van der Waals surface area contributed by atoms with Gasteiger partial charge in [0, 0.05) is 18.4 Å². The summed E-state index contributed by atoms with van der Waals surface area (Å²) in [7, 11) is 1.88. The first-order valence-electron chi connectivity index (χ1n) is 4.84. The van der Waals surface area contributed by atoms with E-state index in [2.05, 4.69) is 5.92 Å². The Labute approximate surface area is 90.0 Å². The highest BCUT2D eigenvalue weighted by atomic mass is 16.5. The molecule has 0 N–H and O–H groups in total. The van der Waals surface area contributed by atoms with Crippen molar-refractivity contribution >= 4 is 5.97 Å². The Bertz CT molecular complexity index is 435. The molecule has 1 aromatic rings. The van der Waals surface area contributed by atoms with Gasteiger partial charge in [0.15, 0.2) is 0 Å². The molecule has 0 saturated carbocycles. The smallest absolute Gasteiger partial charge is 0.341 e. The van der Waals surface area contributed by atoms with Gasteiger partial charge in [-0.1, -0.05) is 5.92 Å². The first-order chi connectivity index (χ1) is 7.04. The van der Waals surface area contributed by atoms with E-state index in [9.17, 15) is 4.79 Å². The summed E-state index contributed by atoms with van der Waals surface area (Å²) in [4.78, 5) is 11.7. The number of ether oxygens (including phenoxy) is 1. The molecular weight excluding hydrogens is 190 g/mol. The number of terminal acetylenes is 1. The van der Waals surface area contributed by atoms with Crippen LogP contribution >= 0.6 is 0 Å². The molecule has 1 heterocycles. The molecule has 80 valence electrons. The maximum atomic E-state index is 11.7. The van der Waals surface area contributed by atoms with Crippen LogP contribution in [0.1, 0.15) is 34.2 Å². The number of aromatic nitrogens is 1. The third-order valence-electron chi connectivity index (χ3n) is 2.60. The topological polar surface area (TPSA) is 31.2 Å². The van der Waals surface area contributed by atoms with Gasteiger partial charge in [-0.05, 0) is 20.8 Å². The molecule has 3 heteroatoms. The second-order valence-corrected chi connectivity index (χ2v) is 3.34. The molecule has 3 nitrogen and oxygen atoms in total. The minimum absolute atomic E-state index is 0.341. The van der Waals surface area contributed by atoms with Gasteiger partial charge in [-0.25, -0.2) is 4.79 Å². The van der Waals surface area contributed by atoms with Crippen molar-refractivity contribution < 1.29 is 9.53 Å². The van der Waals surface area contributed by atoms with Crippen LogP contribution in [-0.4, -0.2) is 17.1 Å². The maximum absolute atomic E-state index is 11.7. The molecule has 15 heavy (non-hydrogen) atoms. The fourth-order valence-electron chi connectivity index (χ4n) is 1.58. The first kappa shape index (κ1) is 11.4. The zero-order valence-electron chi connectivity index (χ0n) is 9.55. The number of esters is 1. The van der Waals surface area contributed by atoms with Crippen LogP contribution in [0.4, 0.5) is 0 Å². The van der Waals surface area contributed by atoms with Crippen molar-refractivity contribution in [1.82, 2.24) is 4.57 Å². The van der Waals surface area contributed by atoms with E-state index in [1.165, 1.54) is 0 Å². The SMILES string of the molecule is C#Cc1c(C(=O)OCC)c(C)n(C)c1C. The third-order valence-corrected chi connectivity index (χ3v) is 2.60. The summed E-state index contributed by atoms with van der Waals surface area (Å²) in [5, 5.41) is 0. The van der Waals surface area contributed by atoms with Crippen molar-refractivity contribution in [1.29, 1.82) is 0 Å². The standard InChI is InChI=1S/C12H15NO2/c1-6-10-8(3)13(5)9(4)11(10)12(14)15-7-2/h1H,7H2,2-5H3. The fraction of sp³-hybridized carbons (Fsp3) is 0.417. The second kappa shape index (κ2) is 4.22. The van der Waals surface area contributed by atoms with Gasteiger partial charge in [0.2, 0.25) is 0 Å². The minimum Gasteiger partial charge on any atom is -0.462 e. The van der Waals surface area contributed by atoms with E-state index in [1.807, 2.05) is 25.5 Å². The molecule has 0 saturated heterocycles. The van der Waals surface area contributed by atoms with E-state index < -0.39 is 0 Å². The third kappa shape index (κ3) is 1.75. The normalized spacial score (nSPS) is 9.80. The summed E-state index contributed by atoms with van der Waals surface area (Å²) in [5.74, 6) is 2.20.